The number of carbonyl (C=O) groups is 2. The number of esters is 1. The summed E-state index contributed by atoms with van der Waals surface area (Å²) in [5.74, 6) is -1.70. The third-order valence-corrected chi connectivity index (χ3v) is 4.05. The van der Waals surface area contributed by atoms with E-state index in [2.05, 4.69) is 15.4 Å². The van der Waals surface area contributed by atoms with Gasteiger partial charge in [0.25, 0.3) is 0 Å². The van der Waals surface area contributed by atoms with Crippen molar-refractivity contribution in [1.29, 1.82) is 5.41 Å². The summed E-state index contributed by atoms with van der Waals surface area (Å²) >= 11 is 1.08. The molecule has 128 valence electrons. The van der Waals surface area contributed by atoms with Gasteiger partial charge >= 0.3 is 11.9 Å². The summed E-state index contributed by atoms with van der Waals surface area (Å²) in [6, 6.07) is 6.13. The highest BCUT2D eigenvalue weighted by atomic mass is 32.1. The molecule has 0 unspecified atom stereocenters. The van der Waals surface area contributed by atoms with Gasteiger partial charge in [-0.3, -0.25) is 10.2 Å². The van der Waals surface area contributed by atoms with Gasteiger partial charge in [0.2, 0.25) is 0 Å². The number of carboxylic acid groups (broad SMARTS) is 1. The SMILES string of the molecule is N=C(N)Nc1ccc(C(=O)Oc2ccc(CC(=O)O)n3ncnc23)s1. The van der Waals surface area contributed by atoms with Crippen LogP contribution in [0.5, 0.6) is 5.75 Å². The van der Waals surface area contributed by atoms with E-state index >= 15 is 0 Å². The zero-order chi connectivity index (χ0) is 18.0. The molecule has 0 saturated heterocycles. The standard InChI is InChI=1S/C14H12N6O4S/c15-14(16)19-10-4-3-9(25-10)13(23)24-8-2-1-7(5-11(21)22)20-12(8)17-6-18-20/h1-4,6H,5H2,(H,21,22)(H4,15,16,19). The number of hydrogen-bond donors (Lipinski definition) is 4. The Morgan fingerprint density at radius 3 is 2.88 bits per heavy atom. The number of nitrogens with zero attached hydrogens (tertiary/aromatic N) is 3. The lowest BCUT2D eigenvalue weighted by Crippen LogP contribution is -2.19. The lowest BCUT2D eigenvalue weighted by atomic mass is 10.2. The number of nitrogens with two attached hydrogens (primary N) is 1. The van der Waals surface area contributed by atoms with Crippen LogP contribution in [0.25, 0.3) is 5.65 Å². The summed E-state index contributed by atoms with van der Waals surface area (Å²) in [5, 5.41) is 23.2. The van der Waals surface area contributed by atoms with E-state index in [0.717, 1.165) is 11.3 Å². The molecule has 0 aliphatic heterocycles. The highest BCUT2D eigenvalue weighted by Crippen LogP contribution is 2.25. The third-order valence-electron chi connectivity index (χ3n) is 3.07. The number of pyridine rings is 1. The van der Waals surface area contributed by atoms with E-state index in [9.17, 15) is 9.59 Å². The van der Waals surface area contributed by atoms with Crippen molar-refractivity contribution in [3.63, 3.8) is 0 Å². The lowest BCUT2D eigenvalue weighted by molar-refractivity contribution is -0.136. The summed E-state index contributed by atoms with van der Waals surface area (Å²) in [6.45, 7) is 0. The maximum atomic E-state index is 12.3. The van der Waals surface area contributed by atoms with Crippen LogP contribution >= 0.6 is 11.3 Å². The Morgan fingerprint density at radius 2 is 2.16 bits per heavy atom. The van der Waals surface area contributed by atoms with E-state index in [1.165, 1.54) is 29.0 Å². The molecule has 10 nitrogen and oxygen atoms in total. The predicted octanol–water partition coefficient (Wildman–Crippen LogP) is 0.942. The van der Waals surface area contributed by atoms with Crippen LogP contribution in [0.3, 0.4) is 0 Å². The summed E-state index contributed by atoms with van der Waals surface area (Å²) in [5.41, 5.74) is 5.88. The number of anilines is 1. The average Bonchev–Trinajstić information content (AvgIpc) is 3.18. The molecule has 3 aromatic heterocycles. The quantitative estimate of drug-likeness (QED) is 0.297. The third kappa shape index (κ3) is 3.55. The van der Waals surface area contributed by atoms with E-state index in [-0.39, 0.29) is 23.8 Å². The molecule has 3 heterocycles. The number of rotatable bonds is 5. The number of hydrogen-bond acceptors (Lipinski definition) is 7. The maximum Gasteiger partial charge on any atom is 0.353 e. The van der Waals surface area contributed by atoms with Crippen molar-refractivity contribution in [2.24, 2.45) is 5.73 Å². The molecule has 25 heavy (non-hydrogen) atoms. The van der Waals surface area contributed by atoms with Crippen LogP contribution in [0.2, 0.25) is 0 Å². The fourth-order valence-corrected chi connectivity index (χ4v) is 2.90. The summed E-state index contributed by atoms with van der Waals surface area (Å²) in [4.78, 5) is 27.5. The van der Waals surface area contributed by atoms with Crippen LogP contribution in [0.4, 0.5) is 5.00 Å². The number of thiophene rings is 1. The second-order valence-electron chi connectivity index (χ2n) is 4.85. The van der Waals surface area contributed by atoms with Crippen molar-refractivity contribution in [1.82, 2.24) is 14.6 Å². The van der Waals surface area contributed by atoms with Gasteiger partial charge in [-0.25, -0.2) is 14.3 Å². The molecule has 11 heteroatoms. The number of aromatic nitrogens is 3. The molecule has 5 N–H and O–H groups in total. The van der Waals surface area contributed by atoms with Gasteiger partial charge in [0.15, 0.2) is 17.4 Å². The second kappa shape index (κ2) is 6.57. The van der Waals surface area contributed by atoms with Crippen LogP contribution in [0.15, 0.2) is 30.6 Å². The smallest absolute Gasteiger partial charge is 0.353 e. The zero-order valence-corrected chi connectivity index (χ0v) is 13.4. The molecule has 0 saturated carbocycles. The van der Waals surface area contributed by atoms with Crippen LogP contribution in [0.1, 0.15) is 15.4 Å². The molecule has 0 spiro atoms. The van der Waals surface area contributed by atoms with E-state index < -0.39 is 11.9 Å². The molecule has 0 bridgehead atoms. The van der Waals surface area contributed by atoms with Crippen molar-refractivity contribution in [2.45, 2.75) is 6.42 Å². The Balaban J connectivity index is 1.84. The topological polar surface area (TPSA) is 156 Å². The molecular weight excluding hydrogens is 348 g/mol. The largest absolute Gasteiger partial charge is 0.481 e. The van der Waals surface area contributed by atoms with E-state index in [0.29, 0.717) is 15.6 Å². The second-order valence-corrected chi connectivity index (χ2v) is 5.93. The van der Waals surface area contributed by atoms with E-state index in [4.69, 9.17) is 21.0 Å². The van der Waals surface area contributed by atoms with Gasteiger partial charge in [-0.05, 0) is 24.3 Å². The molecular formula is C14H12N6O4S. The Hall–Kier alpha value is -3.47. The van der Waals surface area contributed by atoms with Crippen LogP contribution in [-0.2, 0) is 11.2 Å². The number of fused-ring (bicyclic) bond motifs is 1. The minimum absolute atomic E-state index is 0.158. The van der Waals surface area contributed by atoms with Crippen LogP contribution < -0.4 is 15.8 Å². The number of carboxylic acids is 1. The maximum absolute atomic E-state index is 12.3. The van der Waals surface area contributed by atoms with Gasteiger partial charge in [-0.15, -0.1) is 11.3 Å². The van der Waals surface area contributed by atoms with E-state index in [1.807, 2.05) is 0 Å². The minimum Gasteiger partial charge on any atom is -0.481 e. The first-order valence-electron chi connectivity index (χ1n) is 6.90. The fourth-order valence-electron chi connectivity index (χ4n) is 2.10. The normalized spacial score (nSPS) is 10.6. The number of aliphatic carboxylic acids is 1. The first kappa shape index (κ1) is 16.4. The van der Waals surface area contributed by atoms with Crippen LogP contribution in [0, 0.1) is 5.41 Å². The summed E-state index contributed by atoms with van der Waals surface area (Å²) in [6.07, 6.45) is 1.01. The Morgan fingerprint density at radius 1 is 1.36 bits per heavy atom. The summed E-state index contributed by atoms with van der Waals surface area (Å²) < 4.78 is 6.65. The molecule has 3 rings (SSSR count). The molecule has 0 aliphatic carbocycles. The predicted molar refractivity (Wildman–Crippen MR) is 89.1 cm³/mol. The highest BCUT2D eigenvalue weighted by Gasteiger charge is 2.17. The van der Waals surface area contributed by atoms with Gasteiger partial charge < -0.3 is 20.9 Å². The number of guanidine groups is 1. The lowest BCUT2D eigenvalue weighted by Gasteiger charge is -2.07. The summed E-state index contributed by atoms with van der Waals surface area (Å²) in [7, 11) is 0. The van der Waals surface area contributed by atoms with Crippen molar-refractivity contribution in [2.75, 3.05) is 5.32 Å². The van der Waals surface area contributed by atoms with Gasteiger partial charge in [0.05, 0.1) is 17.1 Å². The van der Waals surface area contributed by atoms with Gasteiger partial charge in [-0.2, -0.15) is 5.10 Å². The first-order chi connectivity index (χ1) is 11.9. The Kier molecular flexibility index (Phi) is 4.31. The highest BCUT2D eigenvalue weighted by molar-refractivity contribution is 7.18. The minimum atomic E-state index is -1.01. The average molecular weight is 360 g/mol. The van der Waals surface area contributed by atoms with Crippen molar-refractivity contribution in [3.8, 4) is 5.75 Å². The Labute approximate surface area is 144 Å². The molecule has 0 amide bonds. The first-order valence-corrected chi connectivity index (χ1v) is 7.72. The Bertz CT molecular complexity index is 979. The molecule has 3 aromatic rings. The molecule has 0 aliphatic rings. The number of nitrogens with one attached hydrogen (secondary N) is 2. The molecule has 0 aromatic carbocycles. The molecule has 0 fully saturated rings. The zero-order valence-electron chi connectivity index (χ0n) is 12.6. The number of ether oxygens (including phenoxy) is 1. The molecule has 0 radical (unpaired) electrons. The van der Waals surface area contributed by atoms with Crippen molar-refractivity contribution < 1.29 is 19.4 Å². The van der Waals surface area contributed by atoms with Crippen molar-refractivity contribution in [3.05, 3.63) is 41.2 Å². The van der Waals surface area contributed by atoms with Gasteiger partial charge in [0.1, 0.15) is 11.2 Å². The van der Waals surface area contributed by atoms with Gasteiger partial charge in [-0.1, -0.05) is 0 Å². The van der Waals surface area contributed by atoms with Crippen LogP contribution in [-0.4, -0.2) is 37.6 Å². The monoisotopic (exact) mass is 360 g/mol. The van der Waals surface area contributed by atoms with E-state index in [1.54, 1.807) is 6.07 Å². The van der Waals surface area contributed by atoms with Crippen molar-refractivity contribution >= 4 is 39.9 Å². The number of carbonyl (C=O) groups excluding carboxylic acids is 1. The fraction of sp³-hybridized carbons (Fsp3) is 0.0714. The van der Waals surface area contributed by atoms with Gasteiger partial charge in [0, 0.05) is 0 Å². The molecule has 0 atom stereocenters.